The van der Waals surface area contributed by atoms with Crippen molar-refractivity contribution in [2.24, 2.45) is 5.92 Å². The summed E-state index contributed by atoms with van der Waals surface area (Å²) >= 11 is 3.44. The number of amides is 2. The van der Waals surface area contributed by atoms with Crippen LogP contribution in [0.2, 0.25) is 0 Å². The molecule has 0 saturated heterocycles. The molecule has 0 saturated carbocycles. The van der Waals surface area contributed by atoms with Gasteiger partial charge < -0.3 is 15.7 Å². The second-order valence-electron chi connectivity index (χ2n) is 4.91. The van der Waals surface area contributed by atoms with Gasteiger partial charge in [0, 0.05) is 23.3 Å². The quantitative estimate of drug-likeness (QED) is 0.707. The lowest BCUT2D eigenvalue weighted by molar-refractivity contribution is 0.236. The minimum atomic E-state index is -0.203. The predicted molar refractivity (Wildman–Crippen MR) is 86.0 cm³/mol. The molecule has 0 aromatic heterocycles. The van der Waals surface area contributed by atoms with E-state index >= 15 is 0 Å². The van der Waals surface area contributed by atoms with Crippen molar-refractivity contribution in [3.05, 3.63) is 28.2 Å². The zero-order chi connectivity index (χ0) is 15.0. The maximum absolute atomic E-state index is 11.9. The molecule has 4 nitrogen and oxygen atoms in total. The maximum atomic E-state index is 11.9. The molecule has 1 aromatic carbocycles. The van der Waals surface area contributed by atoms with Crippen molar-refractivity contribution in [3.8, 4) is 0 Å². The van der Waals surface area contributed by atoms with E-state index in [1.54, 1.807) is 0 Å². The highest BCUT2D eigenvalue weighted by molar-refractivity contribution is 9.10. The Morgan fingerprint density at radius 3 is 2.80 bits per heavy atom. The van der Waals surface area contributed by atoms with Crippen LogP contribution in [0.15, 0.2) is 22.7 Å². The van der Waals surface area contributed by atoms with Crippen LogP contribution in [-0.4, -0.2) is 24.3 Å². The SMILES string of the molecule is CCCC(CCO)CNC(=O)Nc1cccc(Br)c1C. The van der Waals surface area contributed by atoms with Gasteiger partial charge in [-0.3, -0.25) is 0 Å². The highest BCUT2D eigenvalue weighted by atomic mass is 79.9. The number of halogens is 1. The maximum Gasteiger partial charge on any atom is 0.319 e. The Balaban J connectivity index is 2.48. The Kier molecular flexibility index (Phi) is 7.62. The predicted octanol–water partition coefficient (Wildman–Crippen LogP) is 3.68. The van der Waals surface area contributed by atoms with Crippen LogP contribution in [0.25, 0.3) is 0 Å². The zero-order valence-corrected chi connectivity index (χ0v) is 13.7. The number of aliphatic hydroxyl groups is 1. The van der Waals surface area contributed by atoms with E-state index in [4.69, 9.17) is 5.11 Å². The molecule has 1 rings (SSSR count). The van der Waals surface area contributed by atoms with E-state index in [0.29, 0.717) is 12.5 Å². The Morgan fingerprint density at radius 2 is 2.15 bits per heavy atom. The number of urea groups is 1. The monoisotopic (exact) mass is 342 g/mol. The van der Waals surface area contributed by atoms with Crippen LogP contribution >= 0.6 is 15.9 Å². The molecule has 0 bridgehead atoms. The minimum absolute atomic E-state index is 0.165. The third-order valence-corrected chi connectivity index (χ3v) is 4.16. The second-order valence-corrected chi connectivity index (χ2v) is 5.77. The Bertz CT molecular complexity index is 432. The molecule has 5 heteroatoms. The first-order chi connectivity index (χ1) is 9.58. The minimum Gasteiger partial charge on any atom is -0.396 e. The molecule has 20 heavy (non-hydrogen) atoms. The van der Waals surface area contributed by atoms with Crippen LogP contribution < -0.4 is 10.6 Å². The van der Waals surface area contributed by atoms with Gasteiger partial charge in [-0.15, -0.1) is 0 Å². The molecule has 1 unspecified atom stereocenters. The number of carbonyl (C=O) groups excluding carboxylic acids is 1. The molecule has 1 aromatic rings. The molecule has 0 radical (unpaired) electrons. The standard InChI is InChI=1S/C15H23BrN2O2/c1-3-5-12(8-9-19)10-17-15(20)18-14-7-4-6-13(16)11(14)2/h4,6-7,12,19H,3,5,8-10H2,1-2H3,(H2,17,18,20). The highest BCUT2D eigenvalue weighted by Gasteiger charge is 2.10. The second kappa shape index (κ2) is 8.97. The topological polar surface area (TPSA) is 61.4 Å². The third kappa shape index (κ3) is 5.51. The molecule has 112 valence electrons. The molecule has 0 spiro atoms. The number of nitrogens with one attached hydrogen (secondary N) is 2. The molecule has 1 atom stereocenters. The number of aliphatic hydroxyl groups excluding tert-OH is 1. The van der Waals surface area contributed by atoms with E-state index in [1.807, 2.05) is 25.1 Å². The van der Waals surface area contributed by atoms with Crippen LogP contribution in [0.3, 0.4) is 0 Å². The first kappa shape index (κ1) is 17.0. The van der Waals surface area contributed by atoms with Gasteiger partial charge in [0.05, 0.1) is 0 Å². The van der Waals surface area contributed by atoms with Gasteiger partial charge in [0.25, 0.3) is 0 Å². The van der Waals surface area contributed by atoms with E-state index in [-0.39, 0.29) is 12.6 Å². The lowest BCUT2D eigenvalue weighted by Crippen LogP contribution is -2.33. The number of benzene rings is 1. The van der Waals surface area contributed by atoms with Crippen molar-refractivity contribution >= 4 is 27.6 Å². The summed E-state index contributed by atoms with van der Waals surface area (Å²) < 4.78 is 0.972. The van der Waals surface area contributed by atoms with Gasteiger partial charge in [-0.2, -0.15) is 0 Å². The number of anilines is 1. The molecular weight excluding hydrogens is 320 g/mol. The summed E-state index contributed by atoms with van der Waals surface area (Å²) in [6.45, 7) is 4.81. The molecule has 0 aliphatic rings. The molecule has 0 aliphatic heterocycles. The Hall–Kier alpha value is -1.07. The lowest BCUT2D eigenvalue weighted by Gasteiger charge is -2.16. The van der Waals surface area contributed by atoms with Crippen LogP contribution in [0.1, 0.15) is 31.7 Å². The first-order valence-corrected chi connectivity index (χ1v) is 7.78. The largest absolute Gasteiger partial charge is 0.396 e. The highest BCUT2D eigenvalue weighted by Crippen LogP contribution is 2.23. The van der Waals surface area contributed by atoms with Gasteiger partial charge in [-0.05, 0) is 43.4 Å². The Morgan fingerprint density at radius 1 is 1.40 bits per heavy atom. The number of rotatable bonds is 7. The summed E-state index contributed by atoms with van der Waals surface area (Å²) in [6, 6.07) is 5.50. The van der Waals surface area contributed by atoms with E-state index in [1.165, 1.54) is 0 Å². The fourth-order valence-corrected chi connectivity index (χ4v) is 2.45. The van der Waals surface area contributed by atoms with Crippen molar-refractivity contribution in [3.63, 3.8) is 0 Å². The van der Waals surface area contributed by atoms with E-state index in [9.17, 15) is 4.79 Å². The average Bonchev–Trinajstić information content (AvgIpc) is 2.42. The third-order valence-electron chi connectivity index (χ3n) is 3.30. The van der Waals surface area contributed by atoms with Crippen molar-refractivity contribution in [2.75, 3.05) is 18.5 Å². The smallest absolute Gasteiger partial charge is 0.319 e. The fourth-order valence-electron chi connectivity index (χ4n) is 2.09. The summed E-state index contributed by atoms with van der Waals surface area (Å²) in [5, 5.41) is 14.7. The molecule has 3 N–H and O–H groups in total. The summed E-state index contributed by atoms with van der Waals surface area (Å²) in [4.78, 5) is 11.9. The van der Waals surface area contributed by atoms with Crippen LogP contribution in [0, 0.1) is 12.8 Å². The van der Waals surface area contributed by atoms with E-state index < -0.39 is 0 Å². The van der Waals surface area contributed by atoms with Crippen LogP contribution in [-0.2, 0) is 0 Å². The van der Waals surface area contributed by atoms with Crippen LogP contribution in [0.5, 0.6) is 0 Å². The average molecular weight is 343 g/mol. The van der Waals surface area contributed by atoms with E-state index in [0.717, 1.165) is 35.0 Å². The molecule has 0 aliphatic carbocycles. The number of hydrogen-bond acceptors (Lipinski definition) is 2. The van der Waals surface area contributed by atoms with Crippen molar-refractivity contribution in [1.29, 1.82) is 0 Å². The molecule has 0 fully saturated rings. The normalized spacial score (nSPS) is 12.0. The van der Waals surface area contributed by atoms with Crippen molar-refractivity contribution in [1.82, 2.24) is 5.32 Å². The summed E-state index contributed by atoms with van der Waals surface area (Å²) in [7, 11) is 0. The van der Waals surface area contributed by atoms with Crippen molar-refractivity contribution < 1.29 is 9.90 Å². The van der Waals surface area contributed by atoms with Crippen molar-refractivity contribution in [2.45, 2.75) is 33.1 Å². The number of hydrogen-bond donors (Lipinski definition) is 3. The lowest BCUT2D eigenvalue weighted by atomic mass is 10.0. The van der Waals surface area contributed by atoms with Gasteiger partial charge in [-0.25, -0.2) is 4.79 Å². The van der Waals surface area contributed by atoms with Gasteiger partial charge in [0.1, 0.15) is 0 Å². The molecular formula is C15H23BrN2O2. The summed E-state index contributed by atoms with van der Waals surface area (Å²) in [5.41, 5.74) is 1.80. The number of carbonyl (C=O) groups is 1. The Labute approximate surface area is 129 Å². The van der Waals surface area contributed by atoms with E-state index in [2.05, 4.69) is 33.5 Å². The summed E-state index contributed by atoms with van der Waals surface area (Å²) in [6.07, 6.45) is 2.79. The van der Waals surface area contributed by atoms with Gasteiger partial charge in [0.15, 0.2) is 0 Å². The molecule has 2 amide bonds. The first-order valence-electron chi connectivity index (χ1n) is 6.99. The molecule has 0 heterocycles. The zero-order valence-electron chi connectivity index (χ0n) is 12.1. The fraction of sp³-hybridized carbons (Fsp3) is 0.533. The summed E-state index contributed by atoms with van der Waals surface area (Å²) in [5.74, 6) is 0.333. The van der Waals surface area contributed by atoms with Gasteiger partial charge >= 0.3 is 6.03 Å². The van der Waals surface area contributed by atoms with Gasteiger partial charge in [-0.1, -0.05) is 35.3 Å². The van der Waals surface area contributed by atoms with Crippen LogP contribution in [0.4, 0.5) is 10.5 Å². The van der Waals surface area contributed by atoms with Gasteiger partial charge in [0.2, 0.25) is 0 Å².